The Kier molecular flexibility index (Phi) is 5.62. The number of hydrogen-bond donors (Lipinski definition) is 2. The summed E-state index contributed by atoms with van der Waals surface area (Å²) in [5.41, 5.74) is 4.57. The summed E-state index contributed by atoms with van der Waals surface area (Å²) in [7, 11) is 0. The van der Waals surface area contributed by atoms with Crippen molar-refractivity contribution in [3.05, 3.63) is 65.5 Å². The van der Waals surface area contributed by atoms with Gasteiger partial charge in [-0.05, 0) is 43.3 Å². The van der Waals surface area contributed by atoms with Gasteiger partial charge in [-0.25, -0.2) is 4.39 Å². The summed E-state index contributed by atoms with van der Waals surface area (Å²) in [4.78, 5) is 34.5. The minimum Gasteiger partial charge on any atom is -0.484 e. The highest BCUT2D eigenvalue weighted by Crippen LogP contribution is 2.12. The number of hydrazine groups is 1. The van der Waals surface area contributed by atoms with Crippen LogP contribution >= 0.6 is 0 Å². The van der Waals surface area contributed by atoms with Gasteiger partial charge in [0, 0.05) is 5.56 Å². The molecule has 0 saturated carbocycles. The fraction of sp³-hybridized carbons (Fsp3) is 0.118. The maximum absolute atomic E-state index is 13.4. The van der Waals surface area contributed by atoms with Crippen molar-refractivity contribution in [2.45, 2.75) is 6.92 Å². The molecular weight excluding hydrogens is 315 g/mol. The predicted octanol–water partition coefficient (Wildman–Crippen LogP) is 1.87. The molecule has 0 bridgehead atoms. The van der Waals surface area contributed by atoms with Crippen molar-refractivity contribution in [2.75, 3.05) is 6.61 Å². The van der Waals surface area contributed by atoms with Gasteiger partial charge in [-0.15, -0.1) is 0 Å². The lowest BCUT2D eigenvalue weighted by atomic mass is 10.1. The molecule has 2 N–H and O–H groups in total. The van der Waals surface area contributed by atoms with Crippen molar-refractivity contribution >= 4 is 17.6 Å². The zero-order chi connectivity index (χ0) is 17.5. The molecule has 0 spiro atoms. The molecule has 2 amide bonds. The summed E-state index contributed by atoms with van der Waals surface area (Å²) in [5, 5.41) is 0. The van der Waals surface area contributed by atoms with Crippen molar-refractivity contribution in [1.82, 2.24) is 10.9 Å². The summed E-state index contributed by atoms with van der Waals surface area (Å²) in [6.07, 6.45) is 0. The van der Waals surface area contributed by atoms with Crippen molar-refractivity contribution in [1.29, 1.82) is 0 Å². The first-order valence-corrected chi connectivity index (χ1v) is 7.05. The van der Waals surface area contributed by atoms with Gasteiger partial charge in [-0.2, -0.15) is 0 Å². The van der Waals surface area contributed by atoms with Crippen molar-refractivity contribution < 1.29 is 23.5 Å². The Morgan fingerprint density at radius 2 is 1.67 bits per heavy atom. The molecule has 24 heavy (non-hydrogen) atoms. The number of halogens is 1. The van der Waals surface area contributed by atoms with E-state index in [1.807, 2.05) is 0 Å². The van der Waals surface area contributed by atoms with Crippen LogP contribution in [0.5, 0.6) is 5.75 Å². The third-order valence-electron chi connectivity index (χ3n) is 3.06. The normalized spacial score (nSPS) is 9.92. The van der Waals surface area contributed by atoms with E-state index in [0.717, 1.165) is 6.07 Å². The SMILES string of the molecule is CC(=O)c1ccc(OCC(=O)NNC(=O)c2ccccc2F)cc1. The second-order valence-electron chi connectivity index (χ2n) is 4.85. The average Bonchev–Trinajstić information content (AvgIpc) is 2.58. The van der Waals surface area contributed by atoms with Crippen molar-refractivity contribution in [3.63, 3.8) is 0 Å². The van der Waals surface area contributed by atoms with E-state index in [2.05, 4.69) is 10.9 Å². The van der Waals surface area contributed by atoms with E-state index >= 15 is 0 Å². The van der Waals surface area contributed by atoms with Crippen LogP contribution in [0, 0.1) is 5.82 Å². The molecule has 0 aliphatic carbocycles. The van der Waals surface area contributed by atoms with E-state index in [0.29, 0.717) is 11.3 Å². The van der Waals surface area contributed by atoms with E-state index in [4.69, 9.17) is 4.74 Å². The second kappa shape index (κ2) is 7.87. The summed E-state index contributed by atoms with van der Waals surface area (Å²) >= 11 is 0. The summed E-state index contributed by atoms with van der Waals surface area (Å²) < 4.78 is 18.6. The van der Waals surface area contributed by atoms with E-state index < -0.39 is 17.6 Å². The maximum atomic E-state index is 13.4. The van der Waals surface area contributed by atoms with Crippen LogP contribution in [0.1, 0.15) is 27.6 Å². The van der Waals surface area contributed by atoms with Gasteiger partial charge >= 0.3 is 0 Å². The highest BCUT2D eigenvalue weighted by atomic mass is 19.1. The lowest BCUT2D eigenvalue weighted by molar-refractivity contribution is -0.123. The topological polar surface area (TPSA) is 84.5 Å². The number of nitrogens with one attached hydrogen (secondary N) is 2. The van der Waals surface area contributed by atoms with Crippen LogP contribution in [0.25, 0.3) is 0 Å². The monoisotopic (exact) mass is 330 g/mol. The van der Waals surface area contributed by atoms with Gasteiger partial charge in [0.05, 0.1) is 5.56 Å². The molecule has 0 saturated heterocycles. The molecule has 2 aromatic rings. The van der Waals surface area contributed by atoms with Crippen LogP contribution in [-0.2, 0) is 4.79 Å². The maximum Gasteiger partial charge on any atom is 0.276 e. The number of Topliss-reactive ketones (excluding diaryl/α,β-unsaturated/α-hetero) is 1. The first-order chi connectivity index (χ1) is 11.5. The van der Waals surface area contributed by atoms with Gasteiger partial charge in [0.15, 0.2) is 12.4 Å². The van der Waals surface area contributed by atoms with Crippen molar-refractivity contribution in [2.24, 2.45) is 0 Å². The van der Waals surface area contributed by atoms with E-state index in [1.165, 1.54) is 25.1 Å². The van der Waals surface area contributed by atoms with Gasteiger partial charge in [-0.1, -0.05) is 12.1 Å². The lowest BCUT2D eigenvalue weighted by Crippen LogP contribution is -2.44. The van der Waals surface area contributed by atoms with Gasteiger partial charge in [0.2, 0.25) is 0 Å². The first-order valence-electron chi connectivity index (χ1n) is 7.05. The Balaban J connectivity index is 1.80. The molecule has 0 radical (unpaired) electrons. The molecule has 7 heteroatoms. The molecule has 6 nitrogen and oxygen atoms in total. The summed E-state index contributed by atoms with van der Waals surface area (Å²) in [6.45, 7) is 1.10. The fourth-order valence-electron chi connectivity index (χ4n) is 1.81. The number of hydrogen-bond acceptors (Lipinski definition) is 4. The first kappa shape index (κ1) is 17.1. The second-order valence-corrected chi connectivity index (χ2v) is 4.85. The number of carbonyl (C=O) groups excluding carboxylic acids is 3. The minimum atomic E-state index is -0.771. The van der Waals surface area contributed by atoms with Crippen LogP contribution in [0.15, 0.2) is 48.5 Å². The number of rotatable bonds is 5. The Morgan fingerprint density at radius 3 is 2.29 bits per heavy atom. The van der Waals surface area contributed by atoms with E-state index in [1.54, 1.807) is 24.3 Å². The Morgan fingerprint density at radius 1 is 1.00 bits per heavy atom. The number of ketones is 1. The molecule has 0 fully saturated rings. The predicted molar refractivity (Wildman–Crippen MR) is 84.0 cm³/mol. The number of benzene rings is 2. The number of carbonyl (C=O) groups is 3. The summed E-state index contributed by atoms with van der Waals surface area (Å²) in [6, 6.07) is 11.7. The van der Waals surface area contributed by atoms with E-state index in [-0.39, 0.29) is 18.0 Å². The van der Waals surface area contributed by atoms with Crippen LogP contribution in [-0.4, -0.2) is 24.2 Å². The molecule has 124 valence electrons. The number of ether oxygens (including phenoxy) is 1. The lowest BCUT2D eigenvalue weighted by Gasteiger charge is -2.09. The summed E-state index contributed by atoms with van der Waals surface area (Å²) in [5.74, 6) is -1.75. The van der Waals surface area contributed by atoms with Gasteiger partial charge in [0.1, 0.15) is 11.6 Å². The molecule has 2 aromatic carbocycles. The van der Waals surface area contributed by atoms with Crippen LogP contribution in [0.2, 0.25) is 0 Å². The van der Waals surface area contributed by atoms with Gasteiger partial charge in [0.25, 0.3) is 11.8 Å². The van der Waals surface area contributed by atoms with Crippen LogP contribution in [0.3, 0.4) is 0 Å². The third kappa shape index (κ3) is 4.64. The minimum absolute atomic E-state index is 0.0739. The molecule has 0 aromatic heterocycles. The zero-order valence-corrected chi connectivity index (χ0v) is 12.8. The van der Waals surface area contributed by atoms with Crippen LogP contribution < -0.4 is 15.6 Å². The molecular formula is C17H15FN2O4. The smallest absolute Gasteiger partial charge is 0.276 e. The van der Waals surface area contributed by atoms with E-state index in [9.17, 15) is 18.8 Å². The molecule has 0 atom stereocenters. The third-order valence-corrected chi connectivity index (χ3v) is 3.06. The fourth-order valence-corrected chi connectivity index (χ4v) is 1.81. The van der Waals surface area contributed by atoms with Crippen molar-refractivity contribution in [3.8, 4) is 5.75 Å². The average molecular weight is 330 g/mol. The molecule has 0 aliphatic heterocycles. The largest absolute Gasteiger partial charge is 0.484 e. The Hall–Kier alpha value is -3.22. The molecule has 0 aliphatic rings. The highest BCUT2D eigenvalue weighted by Gasteiger charge is 2.11. The Bertz CT molecular complexity index is 759. The number of amides is 2. The Labute approximate surface area is 137 Å². The molecule has 0 heterocycles. The standard InChI is InChI=1S/C17H15FN2O4/c1-11(21)12-6-8-13(9-7-12)24-10-16(22)19-20-17(23)14-4-2-3-5-15(14)18/h2-9H,10H2,1H3,(H,19,22)(H,20,23). The quantitative estimate of drug-likeness (QED) is 0.647. The van der Waals surface area contributed by atoms with Crippen LogP contribution in [0.4, 0.5) is 4.39 Å². The highest BCUT2D eigenvalue weighted by molar-refractivity contribution is 5.95. The molecule has 2 rings (SSSR count). The zero-order valence-electron chi connectivity index (χ0n) is 12.8. The van der Waals surface area contributed by atoms with Gasteiger partial charge < -0.3 is 4.74 Å². The van der Waals surface area contributed by atoms with Gasteiger partial charge in [-0.3, -0.25) is 25.2 Å². The molecule has 0 unspecified atom stereocenters.